The molecule has 0 fully saturated rings. The summed E-state index contributed by atoms with van der Waals surface area (Å²) in [5, 5.41) is 17.1. The number of rotatable bonds is 7. The lowest BCUT2D eigenvalue weighted by Gasteiger charge is -1.99. The second kappa shape index (κ2) is 7.64. The van der Waals surface area contributed by atoms with Gasteiger partial charge < -0.3 is 14.3 Å². The minimum absolute atomic E-state index is 0.0391. The molecule has 0 radical (unpaired) electrons. The molecule has 0 aliphatic rings. The smallest absolute Gasteiger partial charge is 0.276 e. The number of benzene rings is 1. The normalized spacial score (nSPS) is 10.8. The van der Waals surface area contributed by atoms with Crippen LogP contribution in [0.1, 0.15) is 0 Å². The summed E-state index contributed by atoms with van der Waals surface area (Å²) in [4.78, 5) is 0. The molecule has 0 bridgehead atoms. The summed E-state index contributed by atoms with van der Waals surface area (Å²) in [6, 6.07) is 7.68. The van der Waals surface area contributed by atoms with Gasteiger partial charge in [0.25, 0.3) is 5.22 Å². The van der Waals surface area contributed by atoms with E-state index < -0.39 is 0 Å². The summed E-state index contributed by atoms with van der Waals surface area (Å²) in [7, 11) is 0. The summed E-state index contributed by atoms with van der Waals surface area (Å²) >= 11 is 4.88. The van der Waals surface area contributed by atoms with Gasteiger partial charge in [0.2, 0.25) is 5.89 Å². The number of ether oxygens (including phenoxy) is 1. The minimum Gasteiger partial charge on any atom is -0.411 e. The van der Waals surface area contributed by atoms with Crippen LogP contribution in [0.15, 0.2) is 38.4 Å². The lowest BCUT2D eigenvalue weighted by molar-refractivity contribution is 0.103. The first-order valence-electron chi connectivity index (χ1n) is 5.71. The maximum absolute atomic E-state index is 8.56. The number of thioether (sulfide) groups is 1. The zero-order valence-corrected chi connectivity index (χ0v) is 12.5. The van der Waals surface area contributed by atoms with Gasteiger partial charge in [-0.3, -0.25) is 0 Å². The van der Waals surface area contributed by atoms with Gasteiger partial charge in [-0.05, 0) is 28.1 Å². The van der Waals surface area contributed by atoms with Gasteiger partial charge in [-0.25, -0.2) is 0 Å². The Morgan fingerprint density at radius 3 is 2.89 bits per heavy atom. The fourth-order valence-corrected chi connectivity index (χ4v) is 2.43. The van der Waals surface area contributed by atoms with Gasteiger partial charge in [0.05, 0.1) is 25.4 Å². The Morgan fingerprint density at radius 1 is 1.26 bits per heavy atom. The predicted octanol–water partition coefficient (Wildman–Crippen LogP) is 2.60. The fourth-order valence-electron chi connectivity index (χ4n) is 1.37. The van der Waals surface area contributed by atoms with Crippen LogP contribution in [-0.2, 0) is 4.74 Å². The highest BCUT2D eigenvalue weighted by Crippen LogP contribution is 2.28. The molecule has 0 aliphatic heterocycles. The molecule has 0 atom stereocenters. The topological polar surface area (TPSA) is 68.4 Å². The van der Waals surface area contributed by atoms with Crippen LogP contribution in [0.3, 0.4) is 0 Å². The average Bonchev–Trinajstić information content (AvgIpc) is 2.88. The molecule has 0 saturated carbocycles. The quantitative estimate of drug-likeness (QED) is 0.615. The second-order valence-corrected chi connectivity index (χ2v) is 5.44. The Hall–Kier alpha value is -0.890. The molecule has 19 heavy (non-hydrogen) atoms. The summed E-state index contributed by atoms with van der Waals surface area (Å²) in [6.45, 7) is 0.933. The number of hydrogen-bond acceptors (Lipinski definition) is 6. The molecule has 1 aromatic carbocycles. The molecule has 1 aromatic heterocycles. The van der Waals surface area contributed by atoms with E-state index in [1.807, 2.05) is 24.3 Å². The largest absolute Gasteiger partial charge is 0.411 e. The summed E-state index contributed by atoms with van der Waals surface area (Å²) in [5.74, 6) is 1.20. The molecule has 2 aromatic rings. The zero-order chi connectivity index (χ0) is 13.5. The molecule has 0 aliphatic carbocycles. The highest BCUT2D eigenvalue weighted by molar-refractivity contribution is 9.10. The lowest BCUT2D eigenvalue weighted by Crippen LogP contribution is -2.02. The standard InChI is InChI=1S/C12H13BrN2O3S/c13-10-4-2-1-3-9(10)11-14-15-12(18-11)19-8-7-17-6-5-16/h1-4,16H,5-8H2. The molecule has 0 unspecified atom stereocenters. The molecule has 5 nitrogen and oxygen atoms in total. The molecule has 2 rings (SSSR count). The molecule has 0 spiro atoms. The Labute approximate surface area is 123 Å². The molecule has 1 heterocycles. The van der Waals surface area contributed by atoms with Gasteiger partial charge >= 0.3 is 0 Å². The van der Waals surface area contributed by atoms with Crippen LogP contribution in [0.4, 0.5) is 0 Å². The number of aromatic nitrogens is 2. The number of aliphatic hydroxyl groups excluding tert-OH is 1. The summed E-state index contributed by atoms with van der Waals surface area (Å²) in [5.41, 5.74) is 0.874. The number of nitrogens with zero attached hydrogens (tertiary/aromatic N) is 2. The van der Waals surface area contributed by atoms with Crippen molar-refractivity contribution in [1.82, 2.24) is 10.2 Å². The molecular formula is C12H13BrN2O3S. The highest BCUT2D eigenvalue weighted by Gasteiger charge is 2.11. The van der Waals surface area contributed by atoms with Crippen molar-refractivity contribution < 1.29 is 14.3 Å². The van der Waals surface area contributed by atoms with Gasteiger partial charge in [0.15, 0.2) is 0 Å². The Morgan fingerprint density at radius 2 is 2.11 bits per heavy atom. The van der Waals surface area contributed by atoms with Crippen LogP contribution < -0.4 is 0 Å². The van der Waals surface area contributed by atoms with Crippen molar-refractivity contribution >= 4 is 27.7 Å². The van der Waals surface area contributed by atoms with E-state index in [0.717, 1.165) is 10.0 Å². The van der Waals surface area contributed by atoms with Crippen LogP contribution in [-0.4, -0.2) is 40.9 Å². The maximum atomic E-state index is 8.56. The molecule has 1 N–H and O–H groups in total. The molecule has 0 saturated heterocycles. The van der Waals surface area contributed by atoms with Crippen molar-refractivity contribution in [2.75, 3.05) is 25.6 Å². The van der Waals surface area contributed by atoms with Crippen LogP contribution in [0.25, 0.3) is 11.5 Å². The first kappa shape index (κ1) is 14.5. The van der Waals surface area contributed by atoms with Crippen LogP contribution in [0, 0.1) is 0 Å². The van der Waals surface area contributed by atoms with Crippen LogP contribution in [0.5, 0.6) is 0 Å². The van der Waals surface area contributed by atoms with Crippen LogP contribution >= 0.6 is 27.7 Å². The first-order valence-corrected chi connectivity index (χ1v) is 7.49. The van der Waals surface area contributed by atoms with Gasteiger partial charge in [0.1, 0.15) is 0 Å². The van der Waals surface area contributed by atoms with E-state index in [0.29, 0.717) is 30.1 Å². The van der Waals surface area contributed by atoms with Crippen molar-refractivity contribution in [3.8, 4) is 11.5 Å². The van der Waals surface area contributed by atoms with Gasteiger partial charge in [-0.15, -0.1) is 10.2 Å². The van der Waals surface area contributed by atoms with Crippen molar-refractivity contribution in [1.29, 1.82) is 0 Å². The van der Waals surface area contributed by atoms with Crippen molar-refractivity contribution in [2.24, 2.45) is 0 Å². The number of hydrogen-bond donors (Lipinski definition) is 1. The summed E-state index contributed by atoms with van der Waals surface area (Å²) < 4.78 is 11.6. The van der Waals surface area contributed by atoms with Gasteiger partial charge in [-0.1, -0.05) is 23.9 Å². The van der Waals surface area contributed by atoms with Crippen LogP contribution in [0.2, 0.25) is 0 Å². The third-order valence-corrected chi connectivity index (χ3v) is 3.67. The van der Waals surface area contributed by atoms with E-state index in [4.69, 9.17) is 14.3 Å². The van der Waals surface area contributed by atoms with Gasteiger partial charge in [-0.2, -0.15) is 0 Å². The monoisotopic (exact) mass is 344 g/mol. The van der Waals surface area contributed by atoms with Crippen molar-refractivity contribution in [3.63, 3.8) is 0 Å². The molecule has 0 amide bonds. The van der Waals surface area contributed by atoms with Gasteiger partial charge in [0, 0.05) is 10.2 Å². The van der Waals surface area contributed by atoms with E-state index >= 15 is 0 Å². The fraction of sp³-hybridized carbons (Fsp3) is 0.333. The Balaban J connectivity index is 1.91. The van der Waals surface area contributed by atoms with E-state index in [2.05, 4.69) is 26.1 Å². The zero-order valence-electron chi connectivity index (χ0n) is 10.1. The Bertz CT molecular complexity index is 521. The minimum atomic E-state index is 0.0391. The third kappa shape index (κ3) is 4.31. The Kier molecular flexibility index (Phi) is 5.84. The van der Waals surface area contributed by atoms with E-state index in [1.165, 1.54) is 11.8 Å². The van der Waals surface area contributed by atoms with E-state index in [9.17, 15) is 0 Å². The summed E-state index contributed by atoms with van der Waals surface area (Å²) in [6.07, 6.45) is 0. The first-order chi connectivity index (χ1) is 9.31. The molecular weight excluding hydrogens is 332 g/mol. The van der Waals surface area contributed by atoms with E-state index in [1.54, 1.807) is 0 Å². The lowest BCUT2D eigenvalue weighted by atomic mass is 10.2. The number of aliphatic hydroxyl groups is 1. The van der Waals surface area contributed by atoms with Crippen molar-refractivity contribution in [3.05, 3.63) is 28.7 Å². The molecule has 7 heteroatoms. The third-order valence-electron chi connectivity index (χ3n) is 2.20. The SMILES string of the molecule is OCCOCCSc1nnc(-c2ccccc2Br)o1. The predicted molar refractivity (Wildman–Crippen MR) is 76.1 cm³/mol. The second-order valence-electron chi connectivity index (χ2n) is 3.54. The highest BCUT2D eigenvalue weighted by atomic mass is 79.9. The molecule has 102 valence electrons. The number of halogens is 1. The maximum Gasteiger partial charge on any atom is 0.276 e. The average molecular weight is 345 g/mol. The van der Waals surface area contributed by atoms with Crippen molar-refractivity contribution in [2.45, 2.75) is 5.22 Å². The van der Waals surface area contributed by atoms with E-state index in [-0.39, 0.29) is 6.61 Å².